The van der Waals surface area contributed by atoms with Crippen molar-refractivity contribution in [2.24, 2.45) is 0 Å². The summed E-state index contributed by atoms with van der Waals surface area (Å²) in [5, 5.41) is 4.72. The van der Waals surface area contributed by atoms with Crippen molar-refractivity contribution in [3.8, 4) is 0 Å². The summed E-state index contributed by atoms with van der Waals surface area (Å²) in [4.78, 5) is 2.24. The molecule has 0 radical (unpaired) electrons. The van der Waals surface area contributed by atoms with Gasteiger partial charge in [-0.25, -0.2) is 0 Å². The number of benzene rings is 1. The van der Waals surface area contributed by atoms with Crippen LogP contribution in [-0.2, 0) is 13.1 Å². The van der Waals surface area contributed by atoms with E-state index in [0.29, 0.717) is 0 Å². The normalized spacial score (nSPS) is 11.6. The monoisotopic (exact) mass is 259 g/mol. The molecule has 1 heterocycles. The Bertz CT molecular complexity index is 514. The molecule has 0 spiro atoms. The van der Waals surface area contributed by atoms with E-state index in [1.165, 1.54) is 22.9 Å². The summed E-state index contributed by atoms with van der Waals surface area (Å²) in [5.41, 5.74) is 2.72. The van der Waals surface area contributed by atoms with Crippen LogP contribution in [0.1, 0.15) is 18.9 Å². The molecule has 2 rings (SSSR count). The third-order valence-corrected chi connectivity index (χ3v) is 3.42. The van der Waals surface area contributed by atoms with E-state index in [0.717, 1.165) is 26.2 Å². The molecule has 0 aliphatic rings. The van der Waals surface area contributed by atoms with Crippen LogP contribution in [0.5, 0.6) is 0 Å². The predicted molar refractivity (Wildman–Crippen MR) is 82.5 cm³/mol. The van der Waals surface area contributed by atoms with Gasteiger partial charge in [-0.3, -0.25) is 0 Å². The van der Waals surface area contributed by atoms with Crippen molar-refractivity contribution in [2.45, 2.75) is 26.4 Å². The second-order valence-corrected chi connectivity index (χ2v) is 5.34. The van der Waals surface area contributed by atoms with Crippen molar-refractivity contribution in [3.63, 3.8) is 0 Å². The fourth-order valence-electron chi connectivity index (χ4n) is 2.36. The molecule has 19 heavy (non-hydrogen) atoms. The first kappa shape index (κ1) is 14.1. The largest absolute Gasteiger partial charge is 0.347 e. The van der Waals surface area contributed by atoms with E-state index in [-0.39, 0.29) is 0 Å². The number of nitrogens with zero attached hydrogens (tertiary/aromatic N) is 2. The van der Waals surface area contributed by atoms with Crippen LogP contribution in [0.15, 0.2) is 30.5 Å². The number of nitrogens with one attached hydrogen (secondary N) is 1. The maximum absolute atomic E-state index is 3.38. The molecule has 0 saturated carbocycles. The number of rotatable bonds is 7. The highest BCUT2D eigenvalue weighted by molar-refractivity contribution is 5.80. The lowest BCUT2D eigenvalue weighted by molar-refractivity contribution is 0.388. The van der Waals surface area contributed by atoms with Gasteiger partial charge in [-0.1, -0.05) is 19.1 Å². The second kappa shape index (κ2) is 6.73. The molecule has 1 aromatic heterocycles. The highest BCUT2D eigenvalue weighted by atomic mass is 15.1. The molecule has 0 saturated heterocycles. The van der Waals surface area contributed by atoms with Crippen molar-refractivity contribution in [1.82, 2.24) is 14.8 Å². The molecule has 2 aromatic rings. The van der Waals surface area contributed by atoms with E-state index < -0.39 is 0 Å². The molecule has 0 fully saturated rings. The Kier molecular flexibility index (Phi) is 5.00. The number of hydrogen-bond donors (Lipinski definition) is 1. The minimum Gasteiger partial charge on any atom is -0.347 e. The van der Waals surface area contributed by atoms with Crippen LogP contribution in [0, 0.1) is 0 Å². The van der Waals surface area contributed by atoms with Gasteiger partial charge >= 0.3 is 0 Å². The van der Waals surface area contributed by atoms with Crippen molar-refractivity contribution < 1.29 is 0 Å². The van der Waals surface area contributed by atoms with Gasteiger partial charge in [0.2, 0.25) is 0 Å². The summed E-state index contributed by atoms with van der Waals surface area (Å²) in [6.45, 7) is 6.34. The average Bonchev–Trinajstić information content (AvgIpc) is 2.79. The topological polar surface area (TPSA) is 20.2 Å². The van der Waals surface area contributed by atoms with Crippen LogP contribution >= 0.6 is 0 Å². The maximum atomic E-state index is 3.38. The van der Waals surface area contributed by atoms with E-state index in [4.69, 9.17) is 0 Å². The number of fused-ring (bicyclic) bond motifs is 1. The summed E-state index contributed by atoms with van der Waals surface area (Å²) in [7, 11) is 4.25. The van der Waals surface area contributed by atoms with E-state index >= 15 is 0 Å². The molecule has 1 aromatic carbocycles. The molecule has 0 unspecified atom stereocenters. The van der Waals surface area contributed by atoms with Gasteiger partial charge in [-0.2, -0.15) is 0 Å². The van der Waals surface area contributed by atoms with Crippen LogP contribution in [0.25, 0.3) is 10.9 Å². The van der Waals surface area contributed by atoms with Gasteiger partial charge < -0.3 is 14.8 Å². The van der Waals surface area contributed by atoms with Crippen LogP contribution in [0.2, 0.25) is 0 Å². The van der Waals surface area contributed by atoms with Gasteiger partial charge in [0.1, 0.15) is 0 Å². The zero-order valence-electron chi connectivity index (χ0n) is 12.3. The van der Waals surface area contributed by atoms with E-state index in [1.807, 2.05) is 0 Å². The van der Waals surface area contributed by atoms with Gasteiger partial charge in [0, 0.05) is 24.8 Å². The van der Waals surface area contributed by atoms with E-state index in [1.54, 1.807) is 0 Å². The fraction of sp³-hybridized carbons (Fsp3) is 0.500. The Hall–Kier alpha value is -1.32. The van der Waals surface area contributed by atoms with Gasteiger partial charge in [-0.05, 0) is 56.7 Å². The Morgan fingerprint density at radius 2 is 2.05 bits per heavy atom. The van der Waals surface area contributed by atoms with Crippen LogP contribution in [0.3, 0.4) is 0 Å². The summed E-state index contributed by atoms with van der Waals surface area (Å²) < 4.78 is 2.37. The van der Waals surface area contributed by atoms with Gasteiger partial charge in [0.05, 0.1) is 0 Å². The Balaban J connectivity index is 2.10. The van der Waals surface area contributed by atoms with Gasteiger partial charge in [0.15, 0.2) is 0 Å². The quantitative estimate of drug-likeness (QED) is 0.825. The highest BCUT2D eigenvalue weighted by Gasteiger charge is 2.02. The lowest BCUT2D eigenvalue weighted by Crippen LogP contribution is -2.15. The first-order valence-corrected chi connectivity index (χ1v) is 7.14. The zero-order chi connectivity index (χ0) is 13.7. The molecule has 104 valence electrons. The molecule has 0 aliphatic heterocycles. The third-order valence-electron chi connectivity index (χ3n) is 3.42. The molecule has 3 nitrogen and oxygen atoms in total. The minimum atomic E-state index is 0.954. The number of aromatic nitrogens is 1. The van der Waals surface area contributed by atoms with Crippen molar-refractivity contribution >= 4 is 10.9 Å². The fourth-order valence-corrected chi connectivity index (χ4v) is 2.36. The van der Waals surface area contributed by atoms with Gasteiger partial charge in [0.25, 0.3) is 0 Å². The van der Waals surface area contributed by atoms with E-state index in [9.17, 15) is 0 Å². The Labute approximate surface area is 116 Å². The Morgan fingerprint density at radius 3 is 2.79 bits per heavy atom. The molecule has 1 N–H and O–H groups in total. The Morgan fingerprint density at radius 1 is 1.21 bits per heavy atom. The summed E-state index contributed by atoms with van der Waals surface area (Å²) in [6, 6.07) is 8.97. The lowest BCUT2D eigenvalue weighted by atomic mass is 10.1. The first-order valence-electron chi connectivity index (χ1n) is 7.14. The number of aryl methyl sites for hydroxylation is 1. The van der Waals surface area contributed by atoms with E-state index in [2.05, 4.69) is 66.3 Å². The van der Waals surface area contributed by atoms with Crippen LogP contribution < -0.4 is 5.32 Å². The van der Waals surface area contributed by atoms with Crippen molar-refractivity contribution in [3.05, 3.63) is 36.0 Å². The summed E-state index contributed by atoms with van der Waals surface area (Å²) in [5.74, 6) is 0. The highest BCUT2D eigenvalue weighted by Crippen LogP contribution is 2.18. The second-order valence-electron chi connectivity index (χ2n) is 5.34. The molecule has 0 amide bonds. The lowest BCUT2D eigenvalue weighted by Gasteiger charge is -2.11. The molecular weight excluding hydrogens is 234 g/mol. The van der Waals surface area contributed by atoms with Crippen molar-refractivity contribution in [2.75, 3.05) is 27.2 Å². The smallest absolute Gasteiger partial charge is 0.0483 e. The summed E-state index contributed by atoms with van der Waals surface area (Å²) in [6.07, 6.45) is 3.39. The van der Waals surface area contributed by atoms with Crippen molar-refractivity contribution in [1.29, 1.82) is 0 Å². The first-order chi connectivity index (χ1) is 9.20. The predicted octanol–water partition coefficient (Wildman–Crippen LogP) is 2.70. The molecule has 0 atom stereocenters. The third kappa shape index (κ3) is 3.82. The van der Waals surface area contributed by atoms with Crippen LogP contribution in [-0.4, -0.2) is 36.7 Å². The maximum Gasteiger partial charge on any atom is 0.0483 e. The molecule has 3 heteroatoms. The average molecular weight is 259 g/mol. The SMILES string of the molecule is CCNCc1ccc2ccn(CCCN(C)C)c2c1. The standard InChI is InChI=1S/C16H25N3/c1-4-17-13-14-6-7-15-8-11-19(16(15)12-14)10-5-9-18(2)3/h6-8,11-12,17H,4-5,9-10,13H2,1-3H3. The number of hydrogen-bond acceptors (Lipinski definition) is 2. The summed E-state index contributed by atoms with van der Waals surface area (Å²) >= 11 is 0. The van der Waals surface area contributed by atoms with Gasteiger partial charge in [-0.15, -0.1) is 0 Å². The zero-order valence-corrected chi connectivity index (χ0v) is 12.3. The molecule has 0 aliphatic carbocycles. The minimum absolute atomic E-state index is 0.954. The van der Waals surface area contributed by atoms with Crippen LogP contribution in [0.4, 0.5) is 0 Å². The molecule has 0 bridgehead atoms. The molecular formula is C16H25N3.